The first kappa shape index (κ1) is 19.7. The Morgan fingerprint density at radius 3 is 2.59 bits per heavy atom. The molecule has 3 rings (SSSR count). The number of nitrogens with zero attached hydrogens (tertiary/aromatic N) is 4. The molecular formula is C20H33N5O2. The summed E-state index contributed by atoms with van der Waals surface area (Å²) in [5.41, 5.74) is 7.89. The summed E-state index contributed by atoms with van der Waals surface area (Å²) >= 11 is 0. The number of hydrogen-bond donors (Lipinski definition) is 1. The zero-order valence-corrected chi connectivity index (χ0v) is 17.5. The van der Waals surface area contributed by atoms with Gasteiger partial charge in [-0.15, -0.1) is 0 Å². The minimum absolute atomic E-state index is 0.0172. The van der Waals surface area contributed by atoms with Crippen molar-refractivity contribution in [3.63, 3.8) is 0 Å². The molecule has 0 spiro atoms. The van der Waals surface area contributed by atoms with Crippen molar-refractivity contribution in [3.05, 3.63) is 11.3 Å². The number of rotatable bonds is 1. The molecule has 7 nitrogen and oxygen atoms in total. The Morgan fingerprint density at radius 1 is 1.26 bits per heavy atom. The maximum absolute atomic E-state index is 12.5. The SMILES string of the molecule is CC1CN(c2nc(N)nc3c2CCCC3(C)C)CCN1C(=O)OC(C)(C)C. The Balaban J connectivity index is 1.82. The first-order valence-corrected chi connectivity index (χ1v) is 9.89. The summed E-state index contributed by atoms with van der Waals surface area (Å²) in [6.07, 6.45) is 2.97. The van der Waals surface area contributed by atoms with E-state index in [2.05, 4.69) is 35.6 Å². The van der Waals surface area contributed by atoms with Gasteiger partial charge in [0.05, 0.1) is 5.69 Å². The van der Waals surface area contributed by atoms with Gasteiger partial charge in [-0.1, -0.05) is 13.8 Å². The van der Waals surface area contributed by atoms with Gasteiger partial charge < -0.3 is 20.3 Å². The van der Waals surface area contributed by atoms with Crippen LogP contribution < -0.4 is 10.6 Å². The third-order valence-electron chi connectivity index (χ3n) is 5.43. The van der Waals surface area contributed by atoms with Gasteiger partial charge in [0, 0.05) is 36.7 Å². The van der Waals surface area contributed by atoms with Crippen molar-refractivity contribution in [1.29, 1.82) is 0 Å². The number of ether oxygens (including phenoxy) is 1. The molecule has 150 valence electrons. The predicted octanol–water partition coefficient (Wildman–Crippen LogP) is 3.12. The van der Waals surface area contributed by atoms with Crippen LogP contribution in [0.1, 0.15) is 65.6 Å². The van der Waals surface area contributed by atoms with Crippen LogP contribution >= 0.6 is 0 Å². The van der Waals surface area contributed by atoms with Gasteiger partial charge in [-0.05, 0) is 47.0 Å². The maximum Gasteiger partial charge on any atom is 0.410 e. The van der Waals surface area contributed by atoms with Crippen LogP contribution in [-0.4, -0.2) is 52.2 Å². The Bertz CT molecular complexity index is 726. The summed E-state index contributed by atoms with van der Waals surface area (Å²) in [7, 11) is 0. The van der Waals surface area contributed by atoms with Gasteiger partial charge in [-0.25, -0.2) is 9.78 Å². The van der Waals surface area contributed by atoms with E-state index in [0.29, 0.717) is 25.6 Å². The summed E-state index contributed by atoms with van der Waals surface area (Å²) < 4.78 is 5.55. The van der Waals surface area contributed by atoms with E-state index >= 15 is 0 Å². The van der Waals surface area contributed by atoms with Crippen LogP contribution in [0.5, 0.6) is 0 Å². The van der Waals surface area contributed by atoms with Crippen LogP contribution in [0, 0.1) is 0 Å². The highest BCUT2D eigenvalue weighted by Gasteiger charge is 2.36. The molecule has 0 bridgehead atoms. The minimum atomic E-state index is -0.486. The van der Waals surface area contributed by atoms with Gasteiger partial charge >= 0.3 is 6.09 Å². The van der Waals surface area contributed by atoms with Crippen LogP contribution in [0.25, 0.3) is 0 Å². The molecule has 1 unspecified atom stereocenters. The summed E-state index contributed by atoms with van der Waals surface area (Å²) in [6.45, 7) is 14.2. The van der Waals surface area contributed by atoms with Crippen LogP contribution in [0.4, 0.5) is 16.6 Å². The second kappa shape index (κ2) is 6.84. The van der Waals surface area contributed by atoms with Crippen LogP contribution in [0.3, 0.4) is 0 Å². The standard InChI is InChI=1S/C20H33N5O2/c1-13-12-24(10-11-25(13)18(26)27-19(2,3)4)16-14-8-7-9-20(5,6)15(14)22-17(21)23-16/h13H,7-12H2,1-6H3,(H2,21,22,23). The number of carbonyl (C=O) groups is 1. The lowest BCUT2D eigenvalue weighted by molar-refractivity contribution is 0.0158. The van der Waals surface area contributed by atoms with E-state index < -0.39 is 5.60 Å². The lowest BCUT2D eigenvalue weighted by Crippen LogP contribution is -2.55. The zero-order valence-electron chi connectivity index (χ0n) is 17.5. The molecule has 2 aliphatic rings. The highest BCUT2D eigenvalue weighted by atomic mass is 16.6. The number of nitrogens with two attached hydrogens (primary N) is 1. The molecule has 1 saturated heterocycles. The molecule has 27 heavy (non-hydrogen) atoms. The molecule has 1 fully saturated rings. The largest absolute Gasteiger partial charge is 0.444 e. The summed E-state index contributed by atoms with van der Waals surface area (Å²) in [5.74, 6) is 1.28. The van der Waals surface area contributed by atoms with Crippen LogP contribution in [0.15, 0.2) is 0 Å². The number of piperazine rings is 1. The zero-order chi connectivity index (χ0) is 20.0. The fourth-order valence-corrected chi connectivity index (χ4v) is 4.11. The van der Waals surface area contributed by atoms with Crippen molar-refractivity contribution in [3.8, 4) is 0 Å². The average Bonchev–Trinajstić information content (AvgIpc) is 2.53. The van der Waals surface area contributed by atoms with E-state index in [4.69, 9.17) is 10.5 Å². The Kier molecular flexibility index (Phi) is 4.99. The van der Waals surface area contributed by atoms with E-state index in [1.807, 2.05) is 25.7 Å². The molecule has 0 radical (unpaired) electrons. The molecule has 1 aromatic rings. The first-order chi connectivity index (χ1) is 12.5. The number of amides is 1. The van der Waals surface area contributed by atoms with Crippen molar-refractivity contribution >= 4 is 17.9 Å². The van der Waals surface area contributed by atoms with Gasteiger partial charge in [-0.3, -0.25) is 0 Å². The molecule has 1 aromatic heterocycles. The highest BCUT2D eigenvalue weighted by molar-refractivity contribution is 5.69. The van der Waals surface area contributed by atoms with E-state index in [9.17, 15) is 4.79 Å². The van der Waals surface area contributed by atoms with Gasteiger partial charge in [-0.2, -0.15) is 4.98 Å². The monoisotopic (exact) mass is 375 g/mol. The minimum Gasteiger partial charge on any atom is -0.444 e. The van der Waals surface area contributed by atoms with E-state index in [-0.39, 0.29) is 17.6 Å². The number of hydrogen-bond acceptors (Lipinski definition) is 6. The number of carbonyl (C=O) groups excluding carboxylic acids is 1. The second-order valence-electron chi connectivity index (χ2n) is 9.44. The quantitative estimate of drug-likeness (QED) is 0.812. The number of anilines is 2. The van der Waals surface area contributed by atoms with Crippen LogP contribution in [-0.2, 0) is 16.6 Å². The fourth-order valence-electron chi connectivity index (χ4n) is 4.11. The van der Waals surface area contributed by atoms with Crippen molar-refractivity contribution in [1.82, 2.24) is 14.9 Å². The lowest BCUT2D eigenvalue weighted by Gasteiger charge is -2.42. The predicted molar refractivity (Wildman–Crippen MR) is 107 cm³/mol. The van der Waals surface area contributed by atoms with Gasteiger partial charge in [0.2, 0.25) is 5.95 Å². The Morgan fingerprint density at radius 2 is 1.96 bits per heavy atom. The van der Waals surface area contributed by atoms with Crippen LogP contribution in [0.2, 0.25) is 0 Å². The number of aromatic nitrogens is 2. The van der Waals surface area contributed by atoms with E-state index in [1.54, 1.807) is 0 Å². The molecule has 2 N–H and O–H groups in total. The molecule has 0 saturated carbocycles. The molecule has 1 aliphatic heterocycles. The first-order valence-electron chi connectivity index (χ1n) is 9.89. The van der Waals surface area contributed by atoms with E-state index in [0.717, 1.165) is 30.8 Å². The van der Waals surface area contributed by atoms with Crippen molar-refractivity contribution in [2.24, 2.45) is 0 Å². The second-order valence-corrected chi connectivity index (χ2v) is 9.44. The molecule has 1 amide bonds. The molecule has 0 aromatic carbocycles. The number of fused-ring (bicyclic) bond motifs is 1. The number of nitrogen functional groups attached to an aromatic ring is 1. The normalized spacial score (nSPS) is 22.4. The molecular weight excluding hydrogens is 342 g/mol. The van der Waals surface area contributed by atoms with Crippen molar-refractivity contribution < 1.29 is 9.53 Å². The van der Waals surface area contributed by atoms with Crippen molar-refractivity contribution in [2.45, 2.75) is 77.9 Å². The highest BCUT2D eigenvalue weighted by Crippen LogP contribution is 2.39. The third kappa shape index (κ3) is 4.12. The van der Waals surface area contributed by atoms with Crippen molar-refractivity contribution in [2.75, 3.05) is 30.3 Å². The van der Waals surface area contributed by atoms with E-state index in [1.165, 1.54) is 5.56 Å². The third-order valence-corrected chi connectivity index (χ3v) is 5.43. The Labute approximate surface area is 162 Å². The summed E-state index contributed by atoms with van der Waals surface area (Å²) in [6, 6.07) is 0.0389. The smallest absolute Gasteiger partial charge is 0.410 e. The lowest BCUT2D eigenvalue weighted by atomic mass is 9.76. The molecule has 2 heterocycles. The maximum atomic E-state index is 12.5. The van der Waals surface area contributed by atoms with Gasteiger partial charge in [0.15, 0.2) is 0 Å². The molecule has 1 atom stereocenters. The average molecular weight is 376 g/mol. The topological polar surface area (TPSA) is 84.6 Å². The fraction of sp³-hybridized carbons (Fsp3) is 0.750. The Hall–Kier alpha value is -2.05. The summed E-state index contributed by atoms with van der Waals surface area (Å²) in [5, 5.41) is 0. The summed E-state index contributed by atoms with van der Waals surface area (Å²) in [4.78, 5) is 25.7. The van der Waals surface area contributed by atoms with Gasteiger partial charge in [0.25, 0.3) is 0 Å². The molecule has 1 aliphatic carbocycles. The molecule has 7 heteroatoms. The van der Waals surface area contributed by atoms with Gasteiger partial charge in [0.1, 0.15) is 11.4 Å².